The standard InChI is InChI=1S/C9H19NO2S/c1-2-3-7-13-8-9(12)10-5-4-6-11/h11H,2-8H2,1H3,(H,10,12). The fourth-order valence-corrected chi connectivity index (χ4v) is 1.69. The van der Waals surface area contributed by atoms with Crippen LogP contribution in [0.5, 0.6) is 0 Å². The van der Waals surface area contributed by atoms with Crippen LogP contribution < -0.4 is 5.32 Å². The molecule has 4 heteroatoms. The summed E-state index contributed by atoms with van der Waals surface area (Å²) in [5, 5.41) is 11.2. The van der Waals surface area contributed by atoms with Crippen molar-refractivity contribution in [2.24, 2.45) is 0 Å². The van der Waals surface area contributed by atoms with E-state index in [1.807, 2.05) is 0 Å². The van der Waals surface area contributed by atoms with Gasteiger partial charge < -0.3 is 10.4 Å². The zero-order chi connectivity index (χ0) is 9.94. The second-order valence-corrected chi connectivity index (χ2v) is 3.94. The summed E-state index contributed by atoms with van der Waals surface area (Å²) in [6.07, 6.45) is 3.00. The van der Waals surface area contributed by atoms with Crippen molar-refractivity contribution >= 4 is 17.7 Å². The first kappa shape index (κ1) is 12.8. The van der Waals surface area contributed by atoms with Crippen LogP contribution in [0.2, 0.25) is 0 Å². The van der Waals surface area contributed by atoms with Crippen molar-refractivity contribution in [2.75, 3.05) is 24.7 Å². The number of aliphatic hydroxyl groups excluding tert-OH is 1. The number of amides is 1. The summed E-state index contributed by atoms with van der Waals surface area (Å²) in [6, 6.07) is 0. The molecule has 13 heavy (non-hydrogen) atoms. The Morgan fingerprint density at radius 3 is 2.85 bits per heavy atom. The molecule has 0 aromatic heterocycles. The third-order valence-electron chi connectivity index (χ3n) is 1.53. The predicted octanol–water partition coefficient (Wildman–Crippen LogP) is 1.02. The summed E-state index contributed by atoms with van der Waals surface area (Å²) < 4.78 is 0. The second kappa shape index (κ2) is 9.86. The quantitative estimate of drug-likeness (QED) is 0.582. The van der Waals surface area contributed by atoms with E-state index in [9.17, 15) is 4.79 Å². The minimum atomic E-state index is 0.0783. The van der Waals surface area contributed by atoms with E-state index in [2.05, 4.69) is 12.2 Å². The Kier molecular flexibility index (Phi) is 9.70. The lowest BCUT2D eigenvalue weighted by molar-refractivity contribution is -0.118. The van der Waals surface area contributed by atoms with Crippen LogP contribution >= 0.6 is 11.8 Å². The van der Waals surface area contributed by atoms with E-state index in [1.165, 1.54) is 12.8 Å². The summed E-state index contributed by atoms with van der Waals surface area (Å²) in [5.41, 5.74) is 0. The average Bonchev–Trinajstić information content (AvgIpc) is 2.13. The topological polar surface area (TPSA) is 49.3 Å². The molecule has 1 amide bonds. The highest BCUT2D eigenvalue weighted by Gasteiger charge is 1.99. The normalized spacial score (nSPS) is 10.0. The highest BCUT2D eigenvalue weighted by Crippen LogP contribution is 2.03. The van der Waals surface area contributed by atoms with Gasteiger partial charge in [0.1, 0.15) is 0 Å². The van der Waals surface area contributed by atoms with Crippen LogP contribution in [0, 0.1) is 0 Å². The molecule has 0 saturated carbocycles. The van der Waals surface area contributed by atoms with Gasteiger partial charge in [-0.1, -0.05) is 13.3 Å². The van der Waals surface area contributed by atoms with Crippen molar-refractivity contribution in [2.45, 2.75) is 26.2 Å². The lowest BCUT2D eigenvalue weighted by Crippen LogP contribution is -2.26. The number of nitrogens with one attached hydrogen (secondary N) is 1. The number of carbonyl (C=O) groups is 1. The van der Waals surface area contributed by atoms with E-state index in [-0.39, 0.29) is 12.5 Å². The van der Waals surface area contributed by atoms with Gasteiger partial charge in [-0.2, -0.15) is 11.8 Å². The Balaban J connectivity index is 3.11. The maximum Gasteiger partial charge on any atom is 0.229 e. The molecule has 0 saturated heterocycles. The lowest BCUT2D eigenvalue weighted by atomic mass is 10.4. The number of hydrogen-bond acceptors (Lipinski definition) is 3. The number of aliphatic hydroxyl groups is 1. The minimum absolute atomic E-state index is 0.0783. The zero-order valence-corrected chi connectivity index (χ0v) is 9.03. The van der Waals surface area contributed by atoms with Crippen molar-refractivity contribution < 1.29 is 9.90 Å². The molecule has 0 bridgehead atoms. The first-order valence-electron chi connectivity index (χ1n) is 4.76. The van der Waals surface area contributed by atoms with Gasteiger partial charge in [0.25, 0.3) is 0 Å². The summed E-state index contributed by atoms with van der Waals surface area (Å²) in [7, 11) is 0. The number of unbranched alkanes of at least 4 members (excludes halogenated alkanes) is 1. The molecule has 78 valence electrons. The van der Waals surface area contributed by atoms with Crippen LogP contribution in [0.25, 0.3) is 0 Å². The van der Waals surface area contributed by atoms with E-state index in [1.54, 1.807) is 11.8 Å². The van der Waals surface area contributed by atoms with Crippen LogP contribution in [-0.2, 0) is 4.79 Å². The minimum Gasteiger partial charge on any atom is -0.396 e. The van der Waals surface area contributed by atoms with Gasteiger partial charge in [-0.25, -0.2) is 0 Å². The first-order chi connectivity index (χ1) is 6.31. The maximum atomic E-state index is 11.1. The highest BCUT2D eigenvalue weighted by molar-refractivity contribution is 7.99. The molecule has 2 N–H and O–H groups in total. The largest absolute Gasteiger partial charge is 0.396 e. The first-order valence-corrected chi connectivity index (χ1v) is 5.92. The zero-order valence-electron chi connectivity index (χ0n) is 8.21. The van der Waals surface area contributed by atoms with Crippen molar-refractivity contribution in [1.29, 1.82) is 0 Å². The number of carbonyl (C=O) groups excluding carboxylic acids is 1. The third kappa shape index (κ3) is 9.70. The van der Waals surface area contributed by atoms with Gasteiger partial charge in [-0.15, -0.1) is 0 Å². The van der Waals surface area contributed by atoms with Gasteiger partial charge in [-0.05, 0) is 18.6 Å². The molecule has 3 nitrogen and oxygen atoms in total. The molecule has 0 unspecified atom stereocenters. The van der Waals surface area contributed by atoms with Crippen LogP contribution in [0.15, 0.2) is 0 Å². The number of thioether (sulfide) groups is 1. The summed E-state index contributed by atoms with van der Waals surface area (Å²) >= 11 is 1.67. The van der Waals surface area contributed by atoms with Gasteiger partial charge in [0, 0.05) is 13.2 Å². The monoisotopic (exact) mass is 205 g/mol. The number of hydrogen-bond donors (Lipinski definition) is 2. The average molecular weight is 205 g/mol. The lowest BCUT2D eigenvalue weighted by Gasteiger charge is -2.03. The van der Waals surface area contributed by atoms with Crippen molar-refractivity contribution in [1.82, 2.24) is 5.32 Å². The van der Waals surface area contributed by atoms with E-state index in [0.29, 0.717) is 18.7 Å². The van der Waals surface area contributed by atoms with Gasteiger partial charge in [0.2, 0.25) is 5.91 Å². The number of rotatable bonds is 8. The Labute approximate surface area is 84.3 Å². The SMILES string of the molecule is CCCCSCC(=O)NCCCO. The fourth-order valence-electron chi connectivity index (χ4n) is 0.769. The van der Waals surface area contributed by atoms with Crippen molar-refractivity contribution in [3.8, 4) is 0 Å². The Bertz CT molecular complexity index is 131. The van der Waals surface area contributed by atoms with Gasteiger partial charge in [-0.3, -0.25) is 4.79 Å². The molecule has 0 aromatic rings. The van der Waals surface area contributed by atoms with Crippen molar-refractivity contribution in [3.63, 3.8) is 0 Å². The van der Waals surface area contributed by atoms with Crippen molar-refractivity contribution in [3.05, 3.63) is 0 Å². The van der Waals surface area contributed by atoms with Gasteiger partial charge in [0.15, 0.2) is 0 Å². The molecule has 0 aliphatic carbocycles. The van der Waals surface area contributed by atoms with Gasteiger partial charge >= 0.3 is 0 Å². The second-order valence-electron chi connectivity index (χ2n) is 2.83. The van der Waals surface area contributed by atoms with Crippen LogP contribution in [0.3, 0.4) is 0 Å². The van der Waals surface area contributed by atoms with E-state index < -0.39 is 0 Å². The molecule has 0 atom stereocenters. The molecule has 0 fully saturated rings. The molecule has 0 heterocycles. The molecule has 0 aromatic carbocycles. The Hall–Kier alpha value is -0.220. The molecule has 0 aliphatic heterocycles. The van der Waals surface area contributed by atoms with E-state index in [4.69, 9.17) is 5.11 Å². The van der Waals surface area contributed by atoms with Crippen LogP contribution in [0.4, 0.5) is 0 Å². The van der Waals surface area contributed by atoms with Crippen LogP contribution in [0.1, 0.15) is 26.2 Å². The molecule has 0 radical (unpaired) electrons. The third-order valence-corrected chi connectivity index (χ3v) is 2.58. The maximum absolute atomic E-state index is 11.1. The predicted molar refractivity (Wildman–Crippen MR) is 56.9 cm³/mol. The Morgan fingerprint density at radius 2 is 2.23 bits per heavy atom. The fraction of sp³-hybridized carbons (Fsp3) is 0.889. The summed E-state index contributed by atoms with van der Waals surface area (Å²) in [5.74, 6) is 1.68. The molecule has 0 aliphatic rings. The van der Waals surface area contributed by atoms with Gasteiger partial charge in [0.05, 0.1) is 5.75 Å². The molecular formula is C9H19NO2S. The smallest absolute Gasteiger partial charge is 0.229 e. The molecular weight excluding hydrogens is 186 g/mol. The van der Waals surface area contributed by atoms with E-state index >= 15 is 0 Å². The Morgan fingerprint density at radius 1 is 1.46 bits per heavy atom. The molecule has 0 spiro atoms. The van der Waals surface area contributed by atoms with Crippen LogP contribution in [-0.4, -0.2) is 35.7 Å². The van der Waals surface area contributed by atoms with E-state index in [0.717, 1.165) is 5.75 Å². The highest BCUT2D eigenvalue weighted by atomic mass is 32.2. The summed E-state index contributed by atoms with van der Waals surface area (Å²) in [4.78, 5) is 11.1. The summed E-state index contributed by atoms with van der Waals surface area (Å²) in [6.45, 7) is 2.87. The molecule has 0 rings (SSSR count).